The Hall–Kier alpha value is -0.850. The maximum absolute atomic E-state index is 10.8. The van der Waals surface area contributed by atoms with Crippen LogP contribution in [-0.4, -0.2) is 6.29 Å². The molecule has 0 N–H and O–H groups in total. The van der Waals surface area contributed by atoms with Gasteiger partial charge in [0.25, 0.3) is 0 Å². The number of allylic oxidation sites excluding steroid dienone is 3. The summed E-state index contributed by atoms with van der Waals surface area (Å²) < 4.78 is 0. The predicted molar refractivity (Wildman–Crippen MR) is 55.5 cm³/mol. The van der Waals surface area contributed by atoms with E-state index in [4.69, 9.17) is 0 Å². The van der Waals surface area contributed by atoms with Crippen LogP contribution in [0.4, 0.5) is 0 Å². The van der Waals surface area contributed by atoms with E-state index in [1.54, 1.807) is 6.08 Å². The summed E-state index contributed by atoms with van der Waals surface area (Å²) >= 11 is 0. The molecule has 1 heteroatoms. The lowest BCUT2D eigenvalue weighted by Gasteiger charge is -2.26. The molecule has 1 saturated carbocycles. The number of hydrogen-bond donors (Lipinski definition) is 0. The molecule has 1 fully saturated rings. The van der Waals surface area contributed by atoms with Crippen molar-refractivity contribution in [2.24, 2.45) is 11.8 Å². The van der Waals surface area contributed by atoms with Crippen LogP contribution in [-0.2, 0) is 4.79 Å². The molecule has 0 aromatic carbocycles. The van der Waals surface area contributed by atoms with Gasteiger partial charge in [0.15, 0.2) is 0 Å². The molecular weight excluding hydrogens is 160 g/mol. The summed E-state index contributed by atoms with van der Waals surface area (Å²) in [5.41, 5.74) is 0. The van der Waals surface area contributed by atoms with E-state index >= 15 is 0 Å². The van der Waals surface area contributed by atoms with Gasteiger partial charge in [0.05, 0.1) is 0 Å². The van der Waals surface area contributed by atoms with E-state index in [0.717, 1.165) is 19.1 Å². The molecule has 1 aliphatic carbocycles. The third kappa shape index (κ3) is 3.17. The lowest BCUT2D eigenvalue weighted by Crippen LogP contribution is -2.19. The topological polar surface area (TPSA) is 17.1 Å². The summed E-state index contributed by atoms with van der Waals surface area (Å²) in [6.45, 7) is 3.63. The number of hydrogen-bond acceptors (Lipinski definition) is 1. The van der Waals surface area contributed by atoms with Crippen molar-refractivity contribution < 1.29 is 4.79 Å². The quantitative estimate of drug-likeness (QED) is 0.477. The number of aldehydes is 1. The van der Waals surface area contributed by atoms with Crippen molar-refractivity contribution in [3.63, 3.8) is 0 Å². The highest BCUT2D eigenvalue weighted by Crippen LogP contribution is 2.31. The summed E-state index contributed by atoms with van der Waals surface area (Å²) in [7, 11) is 0. The third-order valence-electron chi connectivity index (χ3n) is 2.85. The molecule has 1 rings (SSSR count). The molecule has 2 unspecified atom stereocenters. The maximum atomic E-state index is 10.8. The Kier molecular flexibility index (Phi) is 4.52. The third-order valence-corrected chi connectivity index (χ3v) is 2.85. The van der Waals surface area contributed by atoms with Gasteiger partial charge >= 0.3 is 0 Å². The van der Waals surface area contributed by atoms with Gasteiger partial charge in [0.1, 0.15) is 6.29 Å². The fourth-order valence-corrected chi connectivity index (χ4v) is 2.06. The predicted octanol–water partition coefficient (Wildman–Crippen LogP) is 3.12. The van der Waals surface area contributed by atoms with E-state index in [0.29, 0.717) is 11.8 Å². The Labute approximate surface area is 80.5 Å². The fraction of sp³-hybridized carbons (Fsp3) is 0.583. The first kappa shape index (κ1) is 10.2. The van der Waals surface area contributed by atoms with Gasteiger partial charge in [-0.05, 0) is 25.2 Å². The normalized spacial score (nSPS) is 28.9. The van der Waals surface area contributed by atoms with Crippen LogP contribution in [0.2, 0.25) is 0 Å². The minimum atomic E-state index is 0.309. The highest BCUT2D eigenvalue weighted by molar-refractivity contribution is 5.54. The van der Waals surface area contributed by atoms with Crippen LogP contribution >= 0.6 is 0 Å². The number of rotatable bonds is 4. The molecule has 0 spiro atoms. The molecule has 0 aromatic heterocycles. The minimum absolute atomic E-state index is 0.309. The van der Waals surface area contributed by atoms with Crippen molar-refractivity contribution >= 4 is 6.29 Å². The average Bonchev–Trinajstić information content (AvgIpc) is 2.19. The Morgan fingerprint density at radius 1 is 1.31 bits per heavy atom. The summed E-state index contributed by atoms with van der Waals surface area (Å²) in [6.07, 6.45) is 12.9. The van der Waals surface area contributed by atoms with Crippen molar-refractivity contribution in [2.45, 2.75) is 32.1 Å². The minimum Gasteiger partial charge on any atom is -0.303 e. The Bertz CT molecular complexity index is 193. The lowest BCUT2D eigenvalue weighted by molar-refractivity contribution is -0.113. The molecular formula is C12H18O. The monoisotopic (exact) mass is 178 g/mol. The average molecular weight is 178 g/mol. The van der Waals surface area contributed by atoms with Crippen LogP contribution in [0.15, 0.2) is 24.8 Å². The highest BCUT2D eigenvalue weighted by atomic mass is 16.1. The van der Waals surface area contributed by atoms with Crippen LogP contribution in [0.1, 0.15) is 32.1 Å². The zero-order valence-corrected chi connectivity index (χ0v) is 8.11. The molecule has 0 amide bonds. The standard InChI is InChI=1S/C12H18O/c1-2-3-4-7-11-8-5-6-9-12(11)10-13/h2-4,10-12H,1,5-9H2/b4-3+. The van der Waals surface area contributed by atoms with Gasteiger partial charge in [-0.2, -0.15) is 0 Å². The summed E-state index contributed by atoms with van der Waals surface area (Å²) in [5.74, 6) is 0.894. The van der Waals surface area contributed by atoms with E-state index in [1.165, 1.54) is 19.3 Å². The van der Waals surface area contributed by atoms with Gasteiger partial charge in [-0.3, -0.25) is 0 Å². The van der Waals surface area contributed by atoms with Gasteiger partial charge in [-0.1, -0.05) is 37.6 Å². The molecule has 0 aliphatic heterocycles. The van der Waals surface area contributed by atoms with E-state index in [1.807, 2.05) is 6.08 Å². The van der Waals surface area contributed by atoms with Crippen molar-refractivity contribution in [1.29, 1.82) is 0 Å². The Balaban J connectivity index is 2.39. The first-order chi connectivity index (χ1) is 6.38. The van der Waals surface area contributed by atoms with Gasteiger partial charge < -0.3 is 4.79 Å². The molecule has 72 valence electrons. The maximum Gasteiger partial charge on any atom is 0.123 e. The summed E-state index contributed by atoms with van der Waals surface area (Å²) in [4.78, 5) is 10.8. The van der Waals surface area contributed by atoms with E-state index in [-0.39, 0.29) is 0 Å². The molecule has 0 heterocycles. The second-order valence-corrected chi connectivity index (χ2v) is 3.74. The fourth-order valence-electron chi connectivity index (χ4n) is 2.06. The van der Waals surface area contributed by atoms with Crippen LogP contribution in [0.5, 0.6) is 0 Å². The SMILES string of the molecule is C=C/C=C/CC1CCCCC1C=O. The molecule has 13 heavy (non-hydrogen) atoms. The van der Waals surface area contributed by atoms with Gasteiger partial charge in [0.2, 0.25) is 0 Å². The van der Waals surface area contributed by atoms with Crippen molar-refractivity contribution in [3.05, 3.63) is 24.8 Å². The van der Waals surface area contributed by atoms with E-state index in [9.17, 15) is 4.79 Å². The number of carbonyl (C=O) groups is 1. The first-order valence-corrected chi connectivity index (χ1v) is 5.11. The van der Waals surface area contributed by atoms with Gasteiger partial charge in [-0.25, -0.2) is 0 Å². The van der Waals surface area contributed by atoms with Crippen LogP contribution < -0.4 is 0 Å². The first-order valence-electron chi connectivity index (χ1n) is 5.11. The molecule has 0 aromatic rings. The molecule has 0 saturated heterocycles. The van der Waals surface area contributed by atoms with Crippen molar-refractivity contribution in [2.75, 3.05) is 0 Å². The zero-order chi connectivity index (χ0) is 9.52. The molecule has 1 nitrogen and oxygen atoms in total. The molecule has 2 atom stereocenters. The van der Waals surface area contributed by atoms with Crippen LogP contribution in [0, 0.1) is 11.8 Å². The second kappa shape index (κ2) is 5.74. The molecule has 1 aliphatic rings. The zero-order valence-electron chi connectivity index (χ0n) is 8.11. The van der Waals surface area contributed by atoms with E-state index < -0.39 is 0 Å². The van der Waals surface area contributed by atoms with Crippen LogP contribution in [0.25, 0.3) is 0 Å². The van der Waals surface area contributed by atoms with E-state index in [2.05, 4.69) is 12.7 Å². The summed E-state index contributed by atoms with van der Waals surface area (Å²) in [6, 6.07) is 0. The Morgan fingerprint density at radius 2 is 2.08 bits per heavy atom. The molecule has 0 radical (unpaired) electrons. The van der Waals surface area contributed by atoms with Crippen molar-refractivity contribution in [3.8, 4) is 0 Å². The smallest absolute Gasteiger partial charge is 0.123 e. The van der Waals surface area contributed by atoms with Gasteiger partial charge in [0, 0.05) is 5.92 Å². The summed E-state index contributed by atoms with van der Waals surface area (Å²) in [5, 5.41) is 0. The lowest BCUT2D eigenvalue weighted by atomic mass is 9.78. The second-order valence-electron chi connectivity index (χ2n) is 3.74. The van der Waals surface area contributed by atoms with Crippen LogP contribution in [0.3, 0.4) is 0 Å². The largest absolute Gasteiger partial charge is 0.303 e. The Morgan fingerprint density at radius 3 is 2.77 bits per heavy atom. The number of carbonyl (C=O) groups excluding carboxylic acids is 1. The highest BCUT2D eigenvalue weighted by Gasteiger charge is 2.22. The molecule has 0 bridgehead atoms. The van der Waals surface area contributed by atoms with Gasteiger partial charge in [-0.15, -0.1) is 0 Å². The van der Waals surface area contributed by atoms with Crippen molar-refractivity contribution in [1.82, 2.24) is 0 Å².